The molecule has 0 aliphatic rings. The summed E-state index contributed by atoms with van der Waals surface area (Å²) in [6.07, 6.45) is 0.449. The van der Waals surface area contributed by atoms with Crippen molar-refractivity contribution >= 4 is 5.97 Å². The first-order chi connectivity index (χ1) is 7.72. The number of methoxy groups -OCH3 is 2. The molecule has 0 saturated heterocycles. The molecule has 0 radical (unpaired) electrons. The van der Waals surface area contributed by atoms with Gasteiger partial charge in [0.15, 0.2) is 0 Å². The Balaban J connectivity index is 3.17. The molecule has 0 heterocycles. The smallest absolute Gasteiger partial charge is 0.322 e. The van der Waals surface area contributed by atoms with Crippen LogP contribution in [0.2, 0.25) is 0 Å². The fourth-order valence-corrected chi connectivity index (χ4v) is 0.944. The Bertz CT molecular complexity index is 177. The first kappa shape index (κ1) is 15.3. The van der Waals surface area contributed by atoms with E-state index in [9.17, 15) is 4.79 Å². The summed E-state index contributed by atoms with van der Waals surface area (Å²) in [5, 5.41) is 0. The molecule has 2 N–H and O–H groups in total. The van der Waals surface area contributed by atoms with Crippen molar-refractivity contribution in [3.63, 3.8) is 0 Å². The fourth-order valence-electron chi connectivity index (χ4n) is 0.944. The van der Waals surface area contributed by atoms with Crippen LogP contribution < -0.4 is 5.73 Å². The van der Waals surface area contributed by atoms with E-state index in [1.54, 1.807) is 7.11 Å². The highest BCUT2D eigenvalue weighted by Crippen LogP contribution is 1.92. The van der Waals surface area contributed by atoms with E-state index in [2.05, 4.69) is 4.74 Å². The normalized spacial score (nSPS) is 12.4. The molecule has 0 amide bonds. The zero-order valence-corrected chi connectivity index (χ0v) is 9.94. The van der Waals surface area contributed by atoms with Crippen LogP contribution in [0.25, 0.3) is 0 Å². The van der Waals surface area contributed by atoms with Gasteiger partial charge in [-0.3, -0.25) is 4.79 Å². The second kappa shape index (κ2) is 10.8. The molecule has 1 unspecified atom stereocenters. The lowest BCUT2D eigenvalue weighted by molar-refractivity contribution is -0.142. The lowest BCUT2D eigenvalue weighted by Gasteiger charge is -2.09. The van der Waals surface area contributed by atoms with Gasteiger partial charge in [-0.25, -0.2) is 0 Å². The summed E-state index contributed by atoms with van der Waals surface area (Å²) in [4.78, 5) is 10.9. The number of rotatable bonds is 10. The Morgan fingerprint density at radius 3 is 2.19 bits per heavy atom. The molecular weight excluding hydrogens is 214 g/mol. The van der Waals surface area contributed by atoms with Crippen LogP contribution in [0, 0.1) is 0 Å². The van der Waals surface area contributed by atoms with Crippen molar-refractivity contribution in [3.05, 3.63) is 0 Å². The van der Waals surface area contributed by atoms with E-state index in [0.717, 1.165) is 0 Å². The van der Waals surface area contributed by atoms with Crippen LogP contribution in [-0.4, -0.2) is 59.3 Å². The molecule has 0 aliphatic heterocycles. The third-order valence-corrected chi connectivity index (χ3v) is 1.88. The molecule has 96 valence electrons. The van der Waals surface area contributed by atoms with Crippen LogP contribution in [0.1, 0.15) is 6.42 Å². The van der Waals surface area contributed by atoms with Crippen LogP contribution in [0.15, 0.2) is 0 Å². The zero-order chi connectivity index (χ0) is 12.2. The van der Waals surface area contributed by atoms with Gasteiger partial charge in [0, 0.05) is 13.7 Å². The third kappa shape index (κ3) is 8.60. The number of carbonyl (C=O) groups is 1. The van der Waals surface area contributed by atoms with Crippen molar-refractivity contribution in [1.82, 2.24) is 0 Å². The highest BCUT2D eigenvalue weighted by molar-refractivity contribution is 5.75. The van der Waals surface area contributed by atoms with Gasteiger partial charge >= 0.3 is 5.97 Å². The van der Waals surface area contributed by atoms with Gasteiger partial charge < -0.3 is 24.7 Å². The van der Waals surface area contributed by atoms with Gasteiger partial charge in [0.05, 0.1) is 33.5 Å². The van der Waals surface area contributed by atoms with E-state index in [-0.39, 0.29) is 0 Å². The number of nitrogens with two attached hydrogens (primary N) is 1. The summed E-state index contributed by atoms with van der Waals surface area (Å²) in [6, 6.07) is -0.612. The van der Waals surface area contributed by atoms with Crippen LogP contribution in [0.3, 0.4) is 0 Å². The SMILES string of the molecule is COCCOCCOCCC(N)C(=O)OC. The van der Waals surface area contributed by atoms with E-state index in [0.29, 0.717) is 39.5 Å². The van der Waals surface area contributed by atoms with Crippen molar-refractivity contribution in [2.75, 3.05) is 47.3 Å². The number of carbonyl (C=O) groups excluding carboxylic acids is 1. The maximum atomic E-state index is 10.9. The Kier molecular flexibility index (Phi) is 10.3. The van der Waals surface area contributed by atoms with Gasteiger partial charge in [-0.05, 0) is 6.42 Å². The summed E-state index contributed by atoms with van der Waals surface area (Å²) in [5.41, 5.74) is 5.51. The van der Waals surface area contributed by atoms with Crippen molar-refractivity contribution in [2.24, 2.45) is 5.73 Å². The number of ether oxygens (including phenoxy) is 4. The molecule has 6 nitrogen and oxygen atoms in total. The monoisotopic (exact) mass is 235 g/mol. The number of hydrogen-bond donors (Lipinski definition) is 1. The molecule has 0 spiro atoms. The summed E-state index contributed by atoms with van der Waals surface area (Å²) in [5.74, 6) is -0.417. The minimum absolute atomic E-state index is 0.417. The molecule has 0 aromatic heterocycles. The third-order valence-electron chi connectivity index (χ3n) is 1.88. The molecule has 0 aromatic rings. The second-order valence-electron chi connectivity index (χ2n) is 3.14. The van der Waals surface area contributed by atoms with Gasteiger partial charge in [-0.2, -0.15) is 0 Å². The molecule has 0 bridgehead atoms. The minimum atomic E-state index is -0.612. The van der Waals surface area contributed by atoms with Crippen LogP contribution in [0.5, 0.6) is 0 Å². The molecule has 16 heavy (non-hydrogen) atoms. The highest BCUT2D eigenvalue weighted by Gasteiger charge is 2.12. The van der Waals surface area contributed by atoms with Gasteiger partial charge in [0.1, 0.15) is 6.04 Å². The largest absolute Gasteiger partial charge is 0.468 e. The molecular formula is C10H21NO5. The Labute approximate surface area is 96.0 Å². The van der Waals surface area contributed by atoms with Crippen LogP contribution in [-0.2, 0) is 23.7 Å². The Hall–Kier alpha value is -0.690. The molecule has 0 fully saturated rings. The average molecular weight is 235 g/mol. The molecule has 6 heteroatoms. The summed E-state index contributed by atoms with van der Waals surface area (Å²) < 4.78 is 19.7. The number of esters is 1. The van der Waals surface area contributed by atoms with Crippen molar-refractivity contribution < 1.29 is 23.7 Å². The molecule has 0 aromatic carbocycles. The Morgan fingerprint density at radius 2 is 1.62 bits per heavy atom. The van der Waals surface area contributed by atoms with Gasteiger partial charge in [-0.1, -0.05) is 0 Å². The Morgan fingerprint density at radius 1 is 1.06 bits per heavy atom. The van der Waals surface area contributed by atoms with E-state index in [1.807, 2.05) is 0 Å². The van der Waals surface area contributed by atoms with E-state index < -0.39 is 12.0 Å². The van der Waals surface area contributed by atoms with E-state index >= 15 is 0 Å². The first-order valence-corrected chi connectivity index (χ1v) is 5.20. The summed E-state index contributed by atoms with van der Waals surface area (Å²) in [7, 11) is 2.93. The molecule has 0 rings (SSSR count). The topological polar surface area (TPSA) is 80.0 Å². The minimum Gasteiger partial charge on any atom is -0.468 e. The molecule has 1 atom stereocenters. The molecule has 0 aliphatic carbocycles. The summed E-state index contributed by atoms with van der Waals surface area (Å²) >= 11 is 0. The fraction of sp³-hybridized carbons (Fsp3) is 0.900. The van der Waals surface area contributed by atoms with E-state index in [1.165, 1.54) is 7.11 Å². The first-order valence-electron chi connectivity index (χ1n) is 5.20. The average Bonchev–Trinajstić information content (AvgIpc) is 2.31. The summed E-state index contributed by atoms with van der Waals surface area (Å²) in [6.45, 7) is 2.55. The van der Waals surface area contributed by atoms with Crippen LogP contribution >= 0.6 is 0 Å². The highest BCUT2D eigenvalue weighted by atomic mass is 16.5. The van der Waals surface area contributed by atoms with Crippen molar-refractivity contribution in [1.29, 1.82) is 0 Å². The number of hydrogen-bond acceptors (Lipinski definition) is 6. The van der Waals surface area contributed by atoms with E-state index in [4.69, 9.17) is 19.9 Å². The van der Waals surface area contributed by atoms with Crippen LogP contribution in [0.4, 0.5) is 0 Å². The predicted molar refractivity (Wildman–Crippen MR) is 58.1 cm³/mol. The second-order valence-corrected chi connectivity index (χ2v) is 3.14. The zero-order valence-electron chi connectivity index (χ0n) is 9.94. The lowest BCUT2D eigenvalue weighted by Crippen LogP contribution is -2.32. The van der Waals surface area contributed by atoms with Crippen molar-refractivity contribution in [2.45, 2.75) is 12.5 Å². The quantitative estimate of drug-likeness (QED) is 0.408. The van der Waals surface area contributed by atoms with Gasteiger partial charge in [0.25, 0.3) is 0 Å². The lowest BCUT2D eigenvalue weighted by atomic mass is 10.2. The van der Waals surface area contributed by atoms with Gasteiger partial charge in [0.2, 0.25) is 0 Å². The van der Waals surface area contributed by atoms with Gasteiger partial charge in [-0.15, -0.1) is 0 Å². The maximum absolute atomic E-state index is 10.9. The van der Waals surface area contributed by atoms with Crippen molar-refractivity contribution in [3.8, 4) is 0 Å². The standard InChI is InChI=1S/C10H21NO5/c1-13-5-6-16-8-7-15-4-3-9(11)10(12)14-2/h9H,3-8,11H2,1-2H3. The molecule has 0 saturated carbocycles. The predicted octanol–water partition coefficient (Wildman–Crippen LogP) is -0.444. The maximum Gasteiger partial charge on any atom is 0.322 e.